The molecule has 152 valence electrons. The molecule has 0 unspecified atom stereocenters. The van der Waals surface area contributed by atoms with E-state index in [1.165, 1.54) is 0 Å². The Morgan fingerprint density at radius 2 is 1.50 bits per heavy atom. The number of hydrogen-bond acceptors (Lipinski definition) is 2. The fourth-order valence-electron chi connectivity index (χ4n) is 3.34. The lowest BCUT2D eigenvalue weighted by Gasteiger charge is -2.33. The Hall–Kier alpha value is -2.06. The molecule has 2 aromatic carbocycles. The molecule has 2 aromatic rings. The van der Waals surface area contributed by atoms with E-state index < -0.39 is 23.5 Å². The van der Waals surface area contributed by atoms with Crippen molar-refractivity contribution in [2.45, 2.75) is 43.9 Å². The summed E-state index contributed by atoms with van der Waals surface area (Å²) in [7, 11) is 0. The van der Waals surface area contributed by atoms with E-state index in [9.17, 15) is 26.3 Å². The first kappa shape index (κ1) is 20.7. The molecule has 0 spiro atoms. The van der Waals surface area contributed by atoms with E-state index in [1.54, 1.807) is 0 Å². The fourth-order valence-corrected chi connectivity index (χ4v) is 3.34. The summed E-state index contributed by atoms with van der Waals surface area (Å²) in [5.41, 5.74) is -1.85. The first-order chi connectivity index (χ1) is 13.1. The smallest absolute Gasteiger partial charge is 0.372 e. The van der Waals surface area contributed by atoms with Crippen LogP contribution >= 0.6 is 0 Å². The molecular formula is C20H19F6NO. The number of halogens is 6. The molecule has 3 rings (SSSR count). The van der Waals surface area contributed by atoms with E-state index in [0.717, 1.165) is 18.5 Å². The second-order valence-electron chi connectivity index (χ2n) is 6.75. The van der Waals surface area contributed by atoms with E-state index in [2.05, 4.69) is 5.32 Å². The van der Waals surface area contributed by atoms with Crippen LogP contribution in [-0.2, 0) is 23.7 Å². The van der Waals surface area contributed by atoms with Gasteiger partial charge in [-0.15, -0.1) is 0 Å². The van der Waals surface area contributed by atoms with E-state index in [1.807, 2.05) is 30.3 Å². The Balaban J connectivity index is 1.81. The van der Waals surface area contributed by atoms with Gasteiger partial charge in [-0.25, -0.2) is 0 Å². The minimum Gasteiger partial charge on any atom is -0.372 e. The van der Waals surface area contributed by atoms with Crippen molar-refractivity contribution in [1.29, 1.82) is 0 Å². The molecule has 0 bridgehead atoms. The molecule has 1 N–H and O–H groups in total. The molecule has 1 aliphatic rings. The second kappa shape index (κ2) is 8.13. The zero-order valence-corrected chi connectivity index (χ0v) is 14.8. The normalized spacial score (nSPS) is 20.9. The monoisotopic (exact) mass is 403 g/mol. The van der Waals surface area contributed by atoms with Gasteiger partial charge in [0, 0.05) is 0 Å². The summed E-state index contributed by atoms with van der Waals surface area (Å²) in [6, 6.07) is 10.8. The molecule has 1 heterocycles. The molecule has 2 atom stereocenters. The van der Waals surface area contributed by atoms with Gasteiger partial charge < -0.3 is 10.1 Å². The summed E-state index contributed by atoms with van der Waals surface area (Å²) >= 11 is 0. The largest absolute Gasteiger partial charge is 0.416 e. The van der Waals surface area contributed by atoms with E-state index in [0.29, 0.717) is 18.6 Å². The fraction of sp³-hybridized carbons (Fsp3) is 0.400. The number of piperidine rings is 1. The van der Waals surface area contributed by atoms with Crippen molar-refractivity contribution < 1.29 is 31.1 Å². The highest BCUT2D eigenvalue weighted by Crippen LogP contribution is 2.37. The van der Waals surface area contributed by atoms with Crippen molar-refractivity contribution in [1.82, 2.24) is 5.32 Å². The number of rotatable bonds is 4. The van der Waals surface area contributed by atoms with Crippen molar-refractivity contribution >= 4 is 0 Å². The van der Waals surface area contributed by atoms with Gasteiger partial charge in [-0.05, 0) is 48.7 Å². The number of nitrogens with one attached hydrogen (secondary N) is 1. The maximum absolute atomic E-state index is 13.0. The van der Waals surface area contributed by atoms with Crippen LogP contribution in [0.1, 0.15) is 41.1 Å². The Bertz CT molecular complexity index is 755. The standard InChI is InChI=1S/C20H19F6NO/c21-19(22,23)15-9-13(10-16(11-15)20(24,25)26)12-28-17-7-4-8-27-18(17)14-5-2-1-3-6-14/h1-3,5-6,9-11,17-18,27H,4,7-8,12H2/t17-,18+/m1/s1. The van der Waals surface area contributed by atoms with Crippen LogP contribution < -0.4 is 5.32 Å². The molecule has 0 amide bonds. The lowest BCUT2D eigenvalue weighted by atomic mass is 9.94. The second-order valence-corrected chi connectivity index (χ2v) is 6.75. The zero-order valence-electron chi connectivity index (χ0n) is 14.8. The summed E-state index contributed by atoms with van der Waals surface area (Å²) in [5, 5.41) is 3.31. The summed E-state index contributed by atoms with van der Waals surface area (Å²) in [5.74, 6) is 0. The first-order valence-corrected chi connectivity index (χ1v) is 8.83. The van der Waals surface area contributed by atoms with Gasteiger partial charge in [0.1, 0.15) is 0 Å². The molecule has 28 heavy (non-hydrogen) atoms. The molecule has 1 saturated heterocycles. The molecule has 8 heteroatoms. The van der Waals surface area contributed by atoms with Gasteiger partial charge in [-0.3, -0.25) is 0 Å². The van der Waals surface area contributed by atoms with Crippen molar-refractivity contribution in [2.75, 3.05) is 6.54 Å². The molecule has 2 nitrogen and oxygen atoms in total. The number of alkyl halides is 6. The Labute approximate surface area is 158 Å². The Morgan fingerprint density at radius 1 is 0.893 bits per heavy atom. The van der Waals surface area contributed by atoms with Crippen LogP contribution in [-0.4, -0.2) is 12.6 Å². The average molecular weight is 403 g/mol. The van der Waals surface area contributed by atoms with Crippen LogP contribution in [0.5, 0.6) is 0 Å². The maximum Gasteiger partial charge on any atom is 0.416 e. The van der Waals surface area contributed by atoms with Crippen molar-refractivity contribution in [3.05, 3.63) is 70.8 Å². The third-order valence-corrected chi connectivity index (χ3v) is 4.67. The predicted molar refractivity (Wildman–Crippen MR) is 91.4 cm³/mol. The summed E-state index contributed by atoms with van der Waals surface area (Å²) in [4.78, 5) is 0. The van der Waals surface area contributed by atoms with E-state index in [-0.39, 0.29) is 30.4 Å². The third kappa shape index (κ3) is 5.05. The van der Waals surface area contributed by atoms with Gasteiger partial charge in [0.25, 0.3) is 0 Å². The molecule has 0 aliphatic carbocycles. The van der Waals surface area contributed by atoms with Gasteiger partial charge >= 0.3 is 12.4 Å². The van der Waals surface area contributed by atoms with Gasteiger partial charge in [-0.2, -0.15) is 26.3 Å². The summed E-state index contributed by atoms with van der Waals surface area (Å²) in [6.07, 6.45) is -8.61. The topological polar surface area (TPSA) is 21.3 Å². The first-order valence-electron chi connectivity index (χ1n) is 8.83. The Kier molecular flexibility index (Phi) is 6.00. The highest BCUT2D eigenvalue weighted by molar-refractivity contribution is 5.33. The SMILES string of the molecule is FC(F)(F)c1cc(CO[C@@H]2CCCN[C@H]2c2ccccc2)cc(C(F)(F)F)c1. The molecular weight excluding hydrogens is 384 g/mol. The van der Waals surface area contributed by atoms with Crippen LogP contribution in [0, 0.1) is 0 Å². The Morgan fingerprint density at radius 3 is 2.07 bits per heavy atom. The zero-order chi connectivity index (χ0) is 20.4. The van der Waals surface area contributed by atoms with E-state index in [4.69, 9.17) is 4.74 Å². The number of ether oxygens (including phenoxy) is 1. The average Bonchev–Trinajstić information content (AvgIpc) is 2.66. The van der Waals surface area contributed by atoms with Crippen molar-refractivity contribution in [3.63, 3.8) is 0 Å². The lowest BCUT2D eigenvalue weighted by Crippen LogP contribution is -2.39. The maximum atomic E-state index is 13.0. The third-order valence-electron chi connectivity index (χ3n) is 4.67. The predicted octanol–water partition coefficient (Wildman–Crippen LogP) is 5.73. The highest BCUT2D eigenvalue weighted by Gasteiger charge is 2.37. The van der Waals surface area contributed by atoms with Crippen LogP contribution in [0.25, 0.3) is 0 Å². The van der Waals surface area contributed by atoms with Gasteiger partial charge in [-0.1, -0.05) is 30.3 Å². The molecule has 1 aliphatic heterocycles. The summed E-state index contributed by atoms with van der Waals surface area (Å²) in [6.45, 7) is 0.434. The van der Waals surface area contributed by atoms with Gasteiger partial charge in [0.05, 0.1) is 29.9 Å². The molecule has 0 radical (unpaired) electrons. The van der Waals surface area contributed by atoms with Gasteiger partial charge in [0.15, 0.2) is 0 Å². The highest BCUT2D eigenvalue weighted by atomic mass is 19.4. The van der Waals surface area contributed by atoms with Gasteiger partial charge in [0.2, 0.25) is 0 Å². The molecule has 0 saturated carbocycles. The minimum absolute atomic E-state index is 0.123. The quantitative estimate of drug-likeness (QED) is 0.658. The molecule has 1 fully saturated rings. The number of hydrogen-bond donors (Lipinski definition) is 1. The minimum atomic E-state index is -4.87. The van der Waals surface area contributed by atoms with Crippen molar-refractivity contribution in [3.8, 4) is 0 Å². The molecule has 0 aromatic heterocycles. The van der Waals surface area contributed by atoms with E-state index >= 15 is 0 Å². The van der Waals surface area contributed by atoms with Crippen LogP contribution in [0.4, 0.5) is 26.3 Å². The van der Waals surface area contributed by atoms with Crippen LogP contribution in [0.2, 0.25) is 0 Å². The van der Waals surface area contributed by atoms with Crippen LogP contribution in [0.15, 0.2) is 48.5 Å². The van der Waals surface area contributed by atoms with Crippen LogP contribution in [0.3, 0.4) is 0 Å². The summed E-state index contributed by atoms with van der Waals surface area (Å²) < 4.78 is 83.8. The number of benzene rings is 2. The lowest BCUT2D eigenvalue weighted by molar-refractivity contribution is -0.143. The van der Waals surface area contributed by atoms with Crippen molar-refractivity contribution in [2.24, 2.45) is 0 Å².